The molecular weight excluding hydrogens is 354 g/mol. The molecule has 0 radical (unpaired) electrons. The molecular formula is C14H10BrF4NO. The summed E-state index contributed by atoms with van der Waals surface area (Å²) in [5.74, 6) is -3.45. The lowest BCUT2D eigenvalue weighted by Crippen LogP contribution is -2.15. The topological polar surface area (TPSA) is 32.3 Å². The smallest absolute Gasteiger partial charge is 0.149 e. The normalized spacial score (nSPS) is 12.3. The van der Waals surface area contributed by atoms with E-state index in [0.29, 0.717) is 6.07 Å². The third kappa shape index (κ3) is 3.54. The van der Waals surface area contributed by atoms with Crippen LogP contribution in [0.3, 0.4) is 0 Å². The monoisotopic (exact) mass is 363 g/mol. The second-order valence-corrected chi connectivity index (χ2v) is 5.13. The summed E-state index contributed by atoms with van der Waals surface area (Å²) in [4.78, 5) is 0. The zero-order valence-electron chi connectivity index (χ0n) is 10.5. The average molecular weight is 364 g/mol. The number of rotatable bonds is 4. The van der Waals surface area contributed by atoms with Gasteiger partial charge in [0.1, 0.15) is 29.4 Å². The largest absolute Gasteiger partial charge is 0.386 e. The Morgan fingerprint density at radius 1 is 1.00 bits per heavy atom. The van der Waals surface area contributed by atoms with Crippen LogP contribution in [-0.4, -0.2) is 11.7 Å². The molecule has 0 aliphatic carbocycles. The van der Waals surface area contributed by atoms with Gasteiger partial charge in [-0.2, -0.15) is 0 Å². The van der Waals surface area contributed by atoms with Gasteiger partial charge < -0.3 is 10.4 Å². The molecule has 0 aliphatic rings. The number of aliphatic hydroxyl groups is 1. The fourth-order valence-corrected chi connectivity index (χ4v) is 2.14. The van der Waals surface area contributed by atoms with Crippen LogP contribution < -0.4 is 5.32 Å². The van der Waals surface area contributed by atoms with Crippen molar-refractivity contribution in [3.8, 4) is 0 Å². The Balaban J connectivity index is 2.15. The summed E-state index contributed by atoms with van der Waals surface area (Å²) in [7, 11) is 0. The molecule has 0 aromatic heterocycles. The first-order chi connectivity index (χ1) is 9.90. The highest BCUT2D eigenvalue weighted by atomic mass is 79.9. The third-order valence-electron chi connectivity index (χ3n) is 2.83. The highest BCUT2D eigenvalue weighted by Gasteiger charge is 2.18. The fourth-order valence-electron chi connectivity index (χ4n) is 1.80. The van der Waals surface area contributed by atoms with Gasteiger partial charge in [0.2, 0.25) is 0 Å². The maximum absolute atomic E-state index is 13.5. The maximum Gasteiger partial charge on any atom is 0.149 e. The van der Waals surface area contributed by atoms with Crippen molar-refractivity contribution in [3.05, 3.63) is 63.6 Å². The SMILES string of the molecule is OC(CNc1cc(Br)c(F)cc1F)c1c(F)cccc1F. The van der Waals surface area contributed by atoms with E-state index < -0.39 is 34.9 Å². The number of halogens is 5. The van der Waals surface area contributed by atoms with Gasteiger partial charge in [-0.15, -0.1) is 0 Å². The Labute approximate surface area is 126 Å². The van der Waals surface area contributed by atoms with E-state index in [1.54, 1.807) is 0 Å². The molecule has 0 bridgehead atoms. The number of nitrogens with one attached hydrogen (secondary N) is 1. The van der Waals surface area contributed by atoms with Crippen LogP contribution in [0.25, 0.3) is 0 Å². The van der Waals surface area contributed by atoms with Crippen molar-refractivity contribution in [2.75, 3.05) is 11.9 Å². The van der Waals surface area contributed by atoms with Gasteiger partial charge in [0.15, 0.2) is 0 Å². The first-order valence-corrected chi connectivity index (χ1v) is 6.70. The van der Waals surface area contributed by atoms with E-state index in [1.165, 1.54) is 6.07 Å². The lowest BCUT2D eigenvalue weighted by atomic mass is 10.1. The van der Waals surface area contributed by atoms with Crippen molar-refractivity contribution in [2.24, 2.45) is 0 Å². The summed E-state index contributed by atoms with van der Waals surface area (Å²) in [6.45, 7) is -0.340. The zero-order chi connectivity index (χ0) is 15.6. The summed E-state index contributed by atoms with van der Waals surface area (Å²) in [6, 6.07) is 4.98. The van der Waals surface area contributed by atoms with Crippen LogP contribution in [0, 0.1) is 23.3 Å². The van der Waals surface area contributed by atoms with Gasteiger partial charge in [-0.3, -0.25) is 0 Å². The molecule has 0 spiro atoms. The summed E-state index contributed by atoms with van der Waals surface area (Å²) in [6.07, 6.45) is -1.52. The molecule has 0 heterocycles. The van der Waals surface area contributed by atoms with Crippen molar-refractivity contribution < 1.29 is 22.7 Å². The highest BCUT2D eigenvalue weighted by Crippen LogP contribution is 2.25. The van der Waals surface area contributed by atoms with Crippen molar-refractivity contribution in [1.29, 1.82) is 0 Å². The van der Waals surface area contributed by atoms with E-state index in [4.69, 9.17) is 0 Å². The van der Waals surface area contributed by atoms with Crippen molar-refractivity contribution >= 4 is 21.6 Å². The Bertz CT molecular complexity index is 645. The highest BCUT2D eigenvalue weighted by molar-refractivity contribution is 9.10. The summed E-state index contributed by atoms with van der Waals surface area (Å²) in [5, 5.41) is 12.3. The van der Waals surface area contributed by atoms with Gasteiger partial charge in [0, 0.05) is 12.6 Å². The van der Waals surface area contributed by atoms with E-state index in [9.17, 15) is 22.7 Å². The first kappa shape index (κ1) is 15.8. The van der Waals surface area contributed by atoms with Crippen LogP contribution >= 0.6 is 15.9 Å². The summed E-state index contributed by atoms with van der Waals surface area (Å²) < 4.78 is 53.5. The second-order valence-electron chi connectivity index (χ2n) is 4.28. The van der Waals surface area contributed by atoms with Crippen LogP contribution in [0.1, 0.15) is 11.7 Å². The van der Waals surface area contributed by atoms with E-state index >= 15 is 0 Å². The molecule has 2 rings (SSSR count). The maximum atomic E-state index is 13.5. The molecule has 0 amide bonds. The minimum absolute atomic E-state index is 0.0259. The number of benzene rings is 2. The van der Waals surface area contributed by atoms with Gasteiger partial charge in [0.25, 0.3) is 0 Å². The quantitative estimate of drug-likeness (QED) is 0.631. The van der Waals surface area contributed by atoms with E-state index in [0.717, 1.165) is 18.2 Å². The Morgan fingerprint density at radius 3 is 2.24 bits per heavy atom. The summed E-state index contributed by atoms with van der Waals surface area (Å²) in [5.41, 5.74) is -0.606. The second kappa shape index (κ2) is 6.44. The lowest BCUT2D eigenvalue weighted by molar-refractivity contribution is 0.181. The van der Waals surface area contributed by atoms with Gasteiger partial charge >= 0.3 is 0 Å². The Kier molecular flexibility index (Phi) is 4.84. The number of hydrogen-bond donors (Lipinski definition) is 2. The van der Waals surface area contributed by atoms with Gasteiger partial charge in [-0.25, -0.2) is 17.6 Å². The van der Waals surface area contributed by atoms with Crippen LogP contribution in [-0.2, 0) is 0 Å². The third-order valence-corrected chi connectivity index (χ3v) is 3.44. The van der Waals surface area contributed by atoms with Crippen molar-refractivity contribution in [2.45, 2.75) is 6.10 Å². The molecule has 2 N–H and O–H groups in total. The summed E-state index contributed by atoms with van der Waals surface area (Å²) >= 11 is 2.89. The molecule has 112 valence electrons. The minimum Gasteiger partial charge on any atom is -0.386 e. The van der Waals surface area contributed by atoms with Crippen LogP contribution in [0.4, 0.5) is 23.2 Å². The van der Waals surface area contributed by atoms with Crippen LogP contribution in [0.2, 0.25) is 0 Å². The van der Waals surface area contributed by atoms with Gasteiger partial charge in [-0.1, -0.05) is 6.07 Å². The molecule has 0 fully saturated rings. The first-order valence-electron chi connectivity index (χ1n) is 5.90. The lowest BCUT2D eigenvalue weighted by Gasteiger charge is -2.15. The molecule has 0 saturated heterocycles. The predicted octanol–water partition coefficient (Wildman–Crippen LogP) is 4.15. The number of hydrogen-bond acceptors (Lipinski definition) is 2. The Morgan fingerprint density at radius 2 is 1.62 bits per heavy atom. The molecule has 7 heteroatoms. The van der Waals surface area contributed by atoms with Gasteiger partial charge in [-0.05, 0) is 34.1 Å². The van der Waals surface area contributed by atoms with Crippen molar-refractivity contribution in [3.63, 3.8) is 0 Å². The molecule has 1 atom stereocenters. The number of aliphatic hydroxyl groups excluding tert-OH is 1. The predicted molar refractivity (Wildman–Crippen MR) is 73.9 cm³/mol. The minimum atomic E-state index is -1.52. The zero-order valence-corrected chi connectivity index (χ0v) is 12.1. The average Bonchev–Trinajstić information content (AvgIpc) is 2.41. The van der Waals surface area contributed by atoms with Crippen LogP contribution in [0.5, 0.6) is 0 Å². The molecule has 2 aromatic rings. The van der Waals surface area contributed by atoms with Crippen molar-refractivity contribution in [1.82, 2.24) is 0 Å². The van der Waals surface area contributed by atoms with E-state index in [2.05, 4.69) is 21.2 Å². The standard InChI is InChI=1S/C14H10BrF4NO/c15-7-4-12(11(19)5-10(7)18)20-6-13(21)14-8(16)2-1-3-9(14)17/h1-5,13,20-21H,6H2. The van der Waals surface area contributed by atoms with E-state index in [1.807, 2.05) is 0 Å². The molecule has 2 aromatic carbocycles. The molecule has 0 saturated carbocycles. The number of anilines is 1. The molecule has 21 heavy (non-hydrogen) atoms. The Hall–Kier alpha value is -1.60. The van der Waals surface area contributed by atoms with Gasteiger partial charge in [0.05, 0.1) is 15.7 Å². The van der Waals surface area contributed by atoms with E-state index in [-0.39, 0.29) is 16.7 Å². The fraction of sp³-hybridized carbons (Fsp3) is 0.143. The molecule has 1 unspecified atom stereocenters. The molecule has 2 nitrogen and oxygen atoms in total. The van der Waals surface area contributed by atoms with Crippen LogP contribution in [0.15, 0.2) is 34.8 Å². The molecule has 0 aliphatic heterocycles.